The summed E-state index contributed by atoms with van der Waals surface area (Å²) in [4.78, 5) is 0. The molecule has 1 fully saturated rings. The molecular formula is C16H25NO. The van der Waals surface area contributed by atoms with Gasteiger partial charge in [-0.25, -0.2) is 0 Å². The Morgan fingerprint density at radius 3 is 2.61 bits per heavy atom. The maximum absolute atomic E-state index is 5.20. The van der Waals surface area contributed by atoms with E-state index >= 15 is 0 Å². The van der Waals surface area contributed by atoms with E-state index in [9.17, 15) is 0 Å². The SMILES string of the molecule is CCC1CCCC1N[C@H](C)c1ccc(OC)cc1. The van der Waals surface area contributed by atoms with Gasteiger partial charge >= 0.3 is 0 Å². The molecular weight excluding hydrogens is 222 g/mol. The standard InChI is InChI=1S/C16H25NO/c1-4-13-6-5-7-16(13)17-12(2)14-8-10-15(18-3)11-9-14/h8-13,16-17H,4-7H2,1-3H3/t12-,13?,16?/m1/s1. The van der Waals surface area contributed by atoms with E-state index in [0.717, 1.165) is 11.7 Å². The molecule has 0 bridgehead atoms. The second kappa shape index (κ2) is 6.24. The van der Waals surface area contributed by atoms with Crippen molar-refractivity contribution in [2.45, 2.75) is 51.6 Å². The van der Waals surface area contributed by atoms with Crippen LogP contribution in [0, 0.1) is 5.92 Å². The van der Waals surface area contributed by atoms with Crippen LogP contribution in [0.3, 0.4) is 0 Å². The first kappa shape index (κ1) is 13.4. The van der Waals surface area contributed by atoms with E-state index in [2.05, 4.69) is 31.3 Å². The predicted octanol–water partition coefficient (Wildman–Crippen LogP) is 3.92. The van der Waals surface area contributed by atoms with E-state index in [1.165, 1.54) is 31.2 Å². The minimum atomic E-state index is 0.424. The lowest BCUT2D eigenvalue weighted by Gasteiger charge is -2.24. The van der Waals surface area contributed by atoms with Gasteiger partial charge in [0.2, 0.25) is 0 Å². The topological polar surface area (TPSA) is 21.3 Å². The van der Waals surface area contributed by atoms with Gasteiger partial charge in [0.15, 0.2) is 0 Å². The first-order valence-electron chi connectivity index (χ1n) is 7.14. The molecule has 0 radical (unpaired) electrons. The molecule has 0 amide bonds. The molecule has 2 unspecified atom stereocenters. The molecule has 18 heavy (non-hydrogen) atoms. The average molecular weight is 247 g/mol. The minimum Gasteiger partial charge on any atom is -0.497 e. The van der Waals surface area contributed by atoms with E-state index in [0.29, 0.717) is 12.1 Å². The van der Waals surface area contributed by atoms with Gasteiger partial charge in [-0.3, -0.25) is 0 Å². The fourth-order valence-corrected chi connectivity index (χ4v) is 3.05. The van der Waals surface area contributed by atoms with Crippen LogP contribution in [-0.2, 0) is 0 Å². The van der Waals surface area contributed by atoms with Crippen LogP contribution in [0.1, 0.15) is 51.1 Å². The minimum absolute atomic E-state index is 0.424. The summed E-state index contributed by atoms with van der Waals surface area (Å²) in [6.07, 6.45) is 5.40. The van der Waals surface area contributed by atoms with Crippen LogP contribution in [0.5, 0.6) is 5.75 Å². The number of hydrogen-bond acceptors (Lipinski definition) is 2. The Bertz CT molecular complexity index is 360. The van der Waals surface area contributed by atoms with E-state index in [-0.39, 0.29) is 0 Å². The molecule has 0 heterocycles. The van der Waals surface area contributed by atoms with Gasteiger partial charge in [0.25, 0.3) is 0 Å². The van der Waals surface area contributed by atoms with Crippen molar-refractivity contribution in [3.63, 3.8) is 0 Å². The average Bonchev–Trinajstić information content (AvgIpc) is 2.86. The molecule has 0 aliphatic heterocycles. The Balaban J connectivity index is 1.95. The molecule has 0 spiro atoms. The van der Waals surface area contributed by atoms with Crippen LogP contribution in [0.2, 0.25) is 0 Å². The van der Waals surface area contributed by atoms with Crippen molar-refractivity contribution >= 4 is 0 Å². The summed E-state index contributed by atoms with van der Waals surface area (Å²) in [5.41, 5.74) is 1.34. The summed E-state index contributed by atoms with van der Waals surface area (Å²) < 4.78 is 5.20. The monoisotopic (exact) mass is 247 g/mol. The third-order valence-corrected chi connectivity index (χ3v) is 4.26. The third kappa shape index (κ3) is 3.05. The molecule has 0 saturated heterocycles. The molecule has 2 rings (SSSR count). The summed E-state index contributed by atoms with van der Waals surface area (Å²) in [6, 6.07) is 9.53. The quantitative estimate of drug-likeness (QED) is 0.851. The molecule has 1 aliphatic rings. The largest absolute Gasteiger partial charge is 0.497 e. The van der Waals surface area contributed by atoms with Crippen molar-refractivity contribution in [1.82, 2.24) is 5.32 Å². The predicted molar refractivity (Wildman–Crippen MR) is 76.0 cm³/mol. The maximum atomic E-state index is 5.20. The van der Waals surface area contributed by atoms with Gasteiger partial charge in [-0.1, -0.05) is 31.9 Å². The van der Waals surface area contributed by atoms with Crippen molar-refractivity contribution in [3.8, 4) is 5.75 Å². The van der Waals surface area contributed by atoms with Crippen molar-refractivity contribution in [3.05, 3.63) is 29.8 Å². The molecule has 0 aromatic heterocycles. The van der Waals surface area contributed by atoms with Crippen LogP contribution < -0.4 is 10.1 Å². The normalized spacial score (nSPS) is 25.1. The lowest BCUT2D eigenvalue weighted by Crippen LogP contribution is -2.34. The Hall–Kier alpha value is -1.02. The van der Waals surface area contributed by atoms with Gasteiger partial charge in [-0.2, -0.15) is 0 Å². The van der Waals surface area contributed by atoms with Crippen molar-refractivity contribution < 1.29 is 4.74 Å². The fourth-order valence-electron chi connectivity index (χ4n) is 3.05. The Labute approximate surface area is 111 Å². The fraction of sp³-hybridized carbons (Fsp3) is 0.625. The lowest BCUT2D eigenvalue weighted by atomic mass is 9.98. The van der Waals surface area contributed by atoms with Gasteiger partial charge in [0.1, 0.15) is 5.75 Å². The zero-order valence-electron chi connectivity index (χ0n) is 11.8. The Morgan fingerprint density at radius 1 is 1.28 bits per heavy atom. The molecule has 2 heteroatoms. The molecule has 1 N–H and O–H groups in total. The highest BCUT2D eigenvalue weighted by molar-refractivity contribution is 5.28. The zero-order chi connectivity index (χ0) is 13.0. The first-order valence-corrected chi connectivity index (χ1v) is 7.14. The van der Waals surface area contributed by atoms with Crippen molar-refractivity contribution in [1.29, 1.82) is 0 Å². The van der Waals surface area contributed by atoms with Gasteiger partial charge in [0.05, 0.1) is 7.11 Å². The van der Waals surface area contributed by atoms with E-state index in [4.69, 9.17) is 4.74 Å². The van der Waals surface area contributed by atoms with E-state index in [1.807, 2.05) is 12.1 Å². The summed E-state index contributed by atoms with van der Waals surface area (Å²) in [5, 5.41) is 3.79. The lowest BCUT2D eigenvalue weighted by molar-refractivity contribution is 0.360. The smallest absolute Gasteiger partial charge is 0.118 e. The molecule has 1 aliphatic carbocycles. The molecule has 1 saturated carbocycles. The highest BCUT2D eigenvalue weighted by atomic mass is 16.5. The number of methoxy groups -OCH3 is 1. The van der Waals surface area contributed by atoms with Gasteiger partial charge < -0.3 is 10.1 Å². The molecule has 3 atom stereocenters. The number of rotatable bonds is 5. The van der Waals surface area contributed by atoms with Gasteiger partial charge in [-0.15, -0.1) is 0 Å². The van der Waals surface area contributed by atoms with Crippen LogP contribution in [0.4, 0.5) is 0 Å². The van der Waals surface area contributed by atoms with Gasteiger partial charge in [0, 0.05) is 12.1 Å². The van der Waals surface area contributed by atoms with Crippen LogP contribution in [0.15, 0.2) is 24.3 Å². The number of hydrogen-bond donors (Lipinski definition) is 1. The van der Waals surface area contributed by atoms with Crippen molar-refractivity contribution in [2.24, 2.45) is 5.92 Å². The molecule has 2 nitrogen and oxygen atoms in total. The summed E-state index contributed by atoms with van der Waals surface area (Å²) in [6.45, 7) is 4.57. The third-order valence-electron chi connectivity index (χ3n) is 4.26. The number of nitrogens with one attached hydrogen (secondary N) is 1. The highest BCUT2D eigenvalue weighted by Gasteiger charge is 2.26. The number of benzene rings is 1. The molecule has 1 aromatic carbocycles. The van der Waals surface area contributed by atoms with E-state index in [1.54, 1.807) is 7.11 Å². The van der Waals surface area contributed by atoms with Gasteiger partial charge in [-0.05, 0) is 43.4 Å². The second-order valence-corrected chi connectivity index (χ2v) is 5.37. The van der Waals surface area contributed by atoms with Crippen LogP contribution in [0.25, 0.3) is 0 Å². The van der Waals surface area contributed by atoms with Crippen LogP contribution >= 0.6 is 0 Å². The zero-order valence-corrected chi connectivity index (χ0v) is 11.8. The molecule has 100 valence electrons. The maximum Gasteiger partial charge on any atom is 0.118 e. The summed E-state index contributed by atoms with van der Waals surface area (Å²) >= 11 is 0. The van der Waals surface area contributed by atoms with Crippen LogP contribution in [-0.4, -0.2) is 13.2 Å². The summed E-state index contributed by atoms with van der Waals surface area (Å²) in [5.74, 6) is 1.80. The molecule has 1 aromatic rings. The number of ether oxygens (including phenoxy) is 1. The second-order valence-electron chi connectivity index (χ2n) is 5.37. The van der Waals surface area contributed by atoms with E-state index < -0.39 is 0 Å². The first-order chi connectivity index (χ1) is 8.74. The van der Waals surface area contributed by atoms with Crippen molar-refractivity contribution in [2.75, 3.05) is 7.11 Å². The Kier molecular flexibility index (Phi) is 4.65. The highest BCUT2D eigenvalue weighted by Crippen LogP contribution is 2.30. The Morgan fingerprint density at radius 2 is 2.00 bits per heavy atom. The summed E-state index contributed by atoms with van der Waals surface area (Å²) in [7, 11) is 1.71.